The number of imidazole rings is 3. The molecule has 3 aliphatic heterocycles. The van der Waals surface area contributed by atoms with E-state index in [0.717, 1.165) is 53.3 Å². The molecule has 148 heavy (non-hydrogen) atoms. The van der Waals surface area contributed by atoms with Crippen LogP contribution in [0.5, 0.6) is 0 Å². The molecular weight excluding hydrogens is 1850 g/mol. The first-order valence-corrected chi connectivity index (χ1v) is 53.7. The third-order valence-corrected chi connectivity index (χ3v) is 34.0. The predicted molar refractivity (Wildman–Crippen MR) is 628 cm³/mol. The van der Waals surface area contributed by atoms with Gasteiger partial charge in [-0.25, -0.2) is 15.0 Å². The van der Waals surface area contributed by atoms with Crippen LogP contribution in [0.15, 0.2) is 496 Å². The molecule has 0 fully saturated rings. The molecule has 6 heterocycles. The van der Waals surface area contributed by atoms with E-state index in [9.17, 15) is 0 Å². The summed E-state index contributed by atoms with van der Waals surface area (Å²) in [6, 6.07) is 172. The summed E-state index contributed by atoms with van der Waals surface area (Å²) < 4.78 is 7.29. The van der Waals surface area contributed by atoms with Crippen molar-refractivity contribution in [2.75, 3.05) is 0 Å². The molecule has 0 aliphatic carbocycles. The second kappa shape index (κ2) is 35.5. The van der Waals surface area contributed by atoms with Crippen LogP contribution in [0.25, 0.3) is 258 Å². The highest BCUT2D eigenvalue weighted by Gasteiger charge is 2.33. The fourth-order valence-electron chi connectivity index (χ4n) is 24.3. The van der Waals surface area contributed by atoms with Gasteiger partial charge in [0.15, 0.2) is 0 Å². The van der Waals surface area contributed by atoms with E-state index in [2.05, 4.69) is 502 Å². The standard InChI is InChI=1S/2C49H32N2S.C41H28N2S/c1-2-45-50-42-24-12-26-44-49(42)51(45)48-35(21-11-25-43(48)52-44)32-27-28-40-41(29-32)47(37-23-10-16-31-14-4-6-18-34(31)37)39-20-8-7-19-38(39)46(40)36-22-9-15-30-13-3-5-17-33(30)36;1-2-45-50-42-18-10-20-44-49(42)51(45)48-37(17-9-19-43(48)52-44)34-25-26-40-41(29-34)47(36-24-22-31-12-4-6-14-33(31)28-36)39-16-8-7-15-38(39)46(40)35-23-21-30-11-3-5-13-32(30)27-35;1-2-37-42-34-20-12-22-36-41(34)43(37)40-29(19-11-21-35(40)44-36)28-23-24-32-33(25-28)39(27-15-7-4-8-16-27)31-18-10-9-17-30(31)38(32)26-13-5-3-6-14-26/h2*3-29H,2H2,1H3;3-25H,2H2,1H3. The molecular formula is C139H92N6S3. The number of hydrogen-bond donors (Lipinski definition) is 0. The largest absolute Gasteiger partial charge is 0.293 e. The van der Waals surface area contributed by atoms with Gasteiger partial charge in [0.05, 0.1) is 50.2 Å². The Morgan fingerprint density at radius 3 is 0.791 bits per heavy atom. The normalized spacial score (nSPS) is 12.3. The molecule has 3 aromatic heterocycles. The van der Waals surface area contributed by atoms with Crippen LogP contribution < -0.4 is 0 Å². The lowest BCUT2D eigenvalue weighted by Crippen LogP contribution is -2.07. The van der Waals surface area contributed by atoms with E-state index in [1.165, 1.54) is 271 Å². The maximum atomic E-state index is 5.12. The Hall–Kier alpha value is -17.4. The van der Waals surface area contributed by atoms with Gasteiger partial charge in [0.2, 0.25) is 0 Å². The Kier molecular flexibility index (Phi) is 20.9. The minimum absolute atomic E-state index is 0.857. The van der Waals surface area contributed by atoms with Crippen molar-refractivity contribution in [3.8, 4) is 117 Å². The molecule has 0 atom stereocenters. The molecule has 25 aromatic carbocycles. The zero-order valence-electron chi connectivity index (χ0n) is 81.5. The SMILES string of the molecule is CCc1nc2cccc3c2n1-c1c(cccc1-c1ccc2c(-c4ccc5ccccc5c4)c4ccccc4c(-c4ccc5ccccc5c4)c2c1)S3.CCc1nc2cccc3c2n1-c1c(cccc1-c1ccc2c(-c4cccc5ccccc45)c4ccccc4c(-c4cccc5ccccc45)c2c1)S3.CCc1nc2cccc3c2n1-c1c(cccc1-c1ccc2c(-c4ccccc4)c4ccccc4c(-c4ccccc4)c2c1)S3. The first kappa shape index (κ1) is 87.2. The van der Waals surface area contributed by atoms with E-state index in [4.69, 9.17) is 15.0 Å². The van der Waals surface area contributed by atoms with E-state index in [0.29, 0.717) is 0 Å². The van der Waals surface area contributed by atoms with E-state index in [1.54, 1.807) is 0 Å². The third kappa shape index (κ3) is 14.0. The van der Waals surface area contributed by atoms with Crippen molar-refractivity contribution >= 4 is 176 Å². The summed E-state index contributed by atoms with van der Waals surface area (Å²) in [5.41, 5.74) is 32.9. The molecule has 0 spiro atoms. The fourth-order valence-corrected chi connectivity index (χ4v) is 27.7. The number of nitrogens with zero attached hydrogens (tertiary/aromatic N) is 6. The van der Waals surface area contributed by atoms with Gasteiger partial charge in [0.1, 0.15) is 17.5 Å². The molecule has 31 rings (SSSR count). The number of hydrogen-bond acceptors (Lipinski definition) is 6. The Bertz CT molecular complexity index is 10400. The van der Waals surface area contributed by atoms with Crippen LogP contribution in [0.2, 0.25) is 0 Å². The summed E-state index contributed by atoms with van der Waals surface area (Å²) in [6.07, 6.45) is 2.59. The number of benzene rings is 25. The van der Waals surface area contributed by atoms with Crippen molar-refractivity contribution in [3.05, 3.63) is 485 Å². The van der Waals surface area contributed by atoms with Crippen LogP contribution in [0.3, 0.4) is 0 Å². The third-order valence-electron chi connectivity index (χ3n) is 30.7. The molecule has 0 saturated heterocycles. The Morgan fingerprint density at radius 2 is 0.419 bits per heavy atom. The lowest BCUT2D eigenvalue weighted by Gasteiger charge is -2.24. The van der Waals surface area contributed by atoms with Crippen molar-refractivity contribution in [1.29, 1.82) is 0 Å². The van der Waals surface area contributed by atoms with Crippen molar-refractivity contribution in [1.82, 2.24) is 28.7 Å². The summed E-state index contributed by atoms with van der Waals surface area (Å²) >= 11 is 5.56. The molecule has 28 aromatic rings. The van der Waals surface area contributed by atoms with Crippen LogP contribution in [-0.2, 0) is 19.3 Å². The fraction of sp³-hybridized carbons (Fsp3) is 0.0432. The molecule has 0 N–H and O–H groups in total. The van der Waals surface area contributed by atoms with Crippen LogP contribution >= 0.6 is 35.3 Å². The van der Waals surface area contributed by atoms with Crippen LogP contribution in [0.4, 0.5) is 0 Å². The highest BCUT2D eigenvalue weighted by Crippen LogP contribution is 2.57. The molecule has 0 unspecified atom stereocenters. The van der Waals surface area contributed by atoms with Gasteiger partial charge in [-0.15, -0.1) is 0 Å². The minimum atomic E-state index is 0.857. The first-order chi connectivity index (χ1) is 73.3. The van der Waals surface area contributed by atoms with E-state index in [-0.39, 0.29) is 0 Å². The minimum Gasteiger partial charge on any atom is -0.293 e. The van der Waals surface area contributed by atoms with Gasteiger partial charge in [-0.3, -0.25) is 13.7 Å². The zero-order chi connectivity index (χ0) is 97.9. The average Bonchev–Trinajstić information content (AvgIpc) is 1.46. The monoisotopic (exact) mass is 1940 g/mol. The molecule has 0 radical (unpaired) electrons. The number of aromatic nitrogens is 6. The Morgan fingerprint density at radius 1 is 0.169 bits per heavy atom. The van der Waals surface area contributed by atoms with E-state index < -0.39 is 0 Å². The maximum Gasteiger partial charge on any atom is 0.114 e. The maximum absolute atomic E-state index is 5.12. The molecule has 0 amide bonds. The summed E-state index contributed by atoms with van der Waals surface area (Å²) in [4.78, 5) is 22.9. The first-order valence-electron chi connectivity index (χ1n) is 51.3. The van der Waals surface area contributed by atoms with Crippen molar-refractivity contribution in [2.45, 2.75) is 69.4 Å². The predicted octanol–water partition coefficient (Wildman–Crippen LogP) is 38.7. The van der Waals surface area contributed by atoms with Gasteiger partial charge in [-0.2, -0.15) is 0 Å². The van der Waals surface area contributed by atoms with Gasteiger partial charge in [0.25, 0.3) is 0 Å². The van der Waals surface area contributed by atoms with Crippen LogP contribution in [0, 0.1) is 0 Å². The van der Waals surface area contributed by atoms with Crippen molar-refractivity contribution in [2.24, 2.45) is 0 Å². The van der Waals surface area contributed by atoms with Gasteiger partial charge in [-0.05, 0) is 276 Å². The molecule has 0 bridgehead atoms. The van der Waals surface area contributed by atoms with Gasteiger partial charge in [-0.1, -0.05) is 438 Å². The zero-order valence-corrected chi connectivity index (χ0v) is 83.9. The smallest absolute Gasteiger partial charge is 0.114 e. The van der Waals surface area contributed by atoms with E-state index in [1.807, 2.05) is 35.3 Å². The number of rotatable bonds is 12. The number of para-hydroxylation sites is 6. The summed E-state index contributed by atoms with van der Waals surface area (Å²) in [7, 11) is 0. The molecule has 0 saturated carbocycles. The van der Waals surface area contributed by atoms with Crippen molar-refractivity contribution < 1.29 is 0 Å². The van der Waals surface area contributed by atoms with Gasteiger partial charge in [0, 0.05) is 65.3 Å². The summed E-state index contributed by atoms with van der Waals surface area (Å²) in [5.74, 6) is 3.29. The Labute approximate surface area is 869 Å². The van der Waals surface area contributed by atoms with E-state index >= 15 is 0 Å². The van der Waals surface area contributed by atoms with Crippen molar-refractivity contribution in [3.63, 3.8) is 0 Å². The second-order valence-corrected chi connectivity index (χ2v) is 42.1. The lowest BCUT2D eigenvalue weighted by molar-refractivity contribution is 0.889. The molecule has 6 nitrogen and oxygen atoms in total. The summed E-state index contributed by atoms with van der Waals surface area (Å²) in [6.45, 7) is 6.62. The molecule has 696 valence electrons. The van der Waals surface area contributed by atoms with Crippen LogP contribution in [0.1, 0.15) is 38.2 Å². The second-order valence-electron chi connectivity index (χ2n) is 38.9. The Balaban J connectivity index is 0.000000105. The highest BCUT2D eigenvalue weighted by atomic mass is 32.2. The van der Waals surface area contributed by atoms with Crippen LogP contribution in [-0.4, -0.2) is 28.7 Å². The summed E-state index contributed by atoms with van der Waals surface area (Å²) in [5, 5.41) is 25.2. The molecule has 3 aliphatic rings. The quantitative estimate of drug-likeness (QED) is 0.114. The number of fused-ring (bicyclic) bond motifs is 16. The average molecular weight is 1940 g/mol. The number of aryl methyl sites for hydroxylation is 3. The van der Waals surface area contributed by atoms with Gasteiger partial charge < -0.3 is 0 Å². The van der Waals surface area contributed by atoms with Gasteiger partial charge >= 0.3 is 0 Å². The topological polar surface area (TPSA) is 53.5 Å². The highest BCUT2D eigenvalue weighted by molar-refractivity contribution is 8.00. The molecule has 9 heteroatoms. The lowest BCUT2D eigenvalue weighted by atomic mass is 9.83.